The van der Waals surface area contributed by atoms with Gasteiger partial charge in [0.1, 0.15) is 17.6 Å². The predicted octanol–water partition coefficient (Wildman–Crippen LogP) is 2.04. The Kier molecular flexibility index (Phi) is 4.97. The number of ether oxygens (including phenoxy) is 2. The number of benzene rings is 1. The van der Waals surface area contributed by atoms with Gasteiger partial charge < -0.3 is 19.8 Å². The van der Waals surface area contributed by atoms with Gasteiger partial charge in [0.05, 0.1) is 18.9 Å². The fourth-order valence-corrected chi connectivity index (χ4v) is 1.38. The lowest BCUT2D eigenvalue weighted by atomic mass is 10.1. The van der Waals surface area contributed by atoms with Gasteiger partial charge in [0, 0.05) is 11.6 Å². The Balaban J connectivity index is 3.12. The van der Waals surface area contributed by atoms with Crippen LogP contribution >= 0.6 is 0 Å². The number of aliphatic hydroxyl groups is 1. The molecule has 5 heteroatoms. The monoisotopic (exact) mass is 253 g/mol. The van der Waals surface area contributed by atoms with E-state index in [9.17, 15) is 5.11 Å². The van der Waals surface area contributed by atoms with Gasteiger partial charge in [-0.05, 0) is 32.9 Å². The van der Waals surface area contributed by atoms with E-state index in [-0.39, 0.29) is 6.10 Å². The third kappa shape index (κ3) is 3.37. The molecule has 0 fully saturated rings. The van der Waals surface area contributed by atoms with Crippen molar-refractivity contribution in [2.75, 3.05) is 7.11 Å². The fourth-order valence-electron chi connectivity index (χ4n) is 1.38. The summed E-state index contributed by atoms with van der Waals surface area (Å²) in [6.45, 7) is 5.08. The molecule has 2 atom stereocenters. The predicted molar refractivity (Wildman–Crippen MR) is 68.8 cm³/mol. The number of hydrogen-bond acceptors (Lipinski definition) is 5. The van der Waals surface area contributed by atoms with Gasteiger partial charge in [-0.15, -0.1) is 0 Å². The van der Waals surface area contributed by atoms with Gasteiger partial charge in [-0.3, -0.25) is 0 Å². The summed E-state index contributed by atoms with van der Waals surface area (Å²) in [5.74, 6) is 1.15. The van der Waals surface area contributed by atoms with E-state index >= 15 is 0 Å². The molecule has 2 N–H and O–H groups in total. The standard InChI is InChI=1S/C13H19NO4/c1-8(14-16)12-6-5-11(17-4)7-13(12)18-10(3)9(2)15/h5-7,9-10,15-16H,1-4H3/b14-8+. The second kappa shape index (κ2) is 6.26. The first-order chi connectivity index (χ1) is 8.49. The molecule has 100 valence electrons. The van der Waals surface area contributed by atoms with Crippen molar-refractivity contribution >= 4 is 5.71 Å². The van der Waals surface area contributed by atoms with Gasteiger partial charge >= 0.3 is 0 Å². The number of rotatable bonds is 5. The zero-order valence-electron chi connectivity index (χ0n) is 11.0. The van der Waals surface area contributed by atoms with Crippen molar-refractivity contribution in [1.82, 2.24) is 0 Å². The zero-order valence-corrected chi connectivity index (χ0v) is 11.0. The Bertz CT molecular complexity index is 429. The number of aliphatic hydroxyl groups excluding tert-OH is 1. The van der Waals surface area contributed by atoms with Crippen LogP contribution in [0.2, 0.25) is 0 Å². The van der Waals surface area contributed by atoms with Gasteiger partial charge in [0.25, 0.3) is 0 Å². The molecule has 0 heterocycles. The molecule has 1 aromatic carbocycles. The molecule has 5 nitrogen and oxygen atoms in total. The summed E-state index contributed by atoms with van der Waals surface area (Å²) in [4.78, 5) is 0. The van der Waals surface area contributed by atoms with E-state index in [4.69, 9.17) is 14.7 Å². The SMILES string of the molecule is COc1ccc(/C(C)=N/O)c(OC(C)C(C)O)c1. The van der Waals surface area contributed by atoms with Crippen molar-refractivity contribution < 1.29 is 19.8 Å². The Morgan fingerprint density at radius 1 is 1.33 bits per heavy atom. The smallest absolute Gasteiger partial charge is 0.132 e. The van der Waals surface area contributed by atoms with E-state index in [2.05, 4.69) is 5.16 Å². The molecule has 0 spiro atoms. The number of nitrogens with zero attached hydrogens (tertiary/aromatic N) is 1. The number of hydrogen-bond donors (Lipinski definition) is 2. The van der Waals surface area contributed by atoms with Crippen LogP contribution in [0.4, 0.5) is 0 Å². The van der Waals surface area contributed by atoms with Crippen molar-refractivity contribution in [2.45, 2.75) is 33.0 Å². The summed E-state index contributed by atoms with van der Waals surface area (Å²) < 4.78 is 10.8. The van der Waals surface area contributed by atoms with Gasteiger partial charge in [0.15, 0.2) is 0 Å². The van der Waals surface area contributed by atoms with Crippen molar-refractivity contribution in [1.29, 1.82) is 0 Å². The molecule has 0 saturated carbocycles. The summed E-state index contributed by atoms with van der Waals surface area (Å²) in [5, 5.41) is 21.5. The fraction of sp³-hybridized carbons (Fsp3) is 0.462. The minimum absolute atomic E-state index is 0.373. The highest BCUT2D eigenvalue weighted by Crippen LogP contribution is 2.26. The zero-order chi connectivity index (χ0) is 13.7. The Labute approximate surface area is 107 Å². The molecule has 0 aliphatic carbocycles. The van der Waals surface area contributed by atoms with Gasteiger partial charge in [0.2, 0.25) is 0 Å². The molecule has 1 aromatic rings. The lowest BCUT2D eigenvalue weighted by Crippen LogP contribution is -2.26. The molecule has 0 amide bonds. The molecule has 0 aromatic heterocycles. The second-order valence-corrected chi connectivity index (χ2v) is 4.11. The normalized spacial score (nSPS) is 15.1. The first kappa shape index (κ1) is 14.3. The molecule has 1 rings (SSSR count). The number of methoxy groups -OCH3 is 1. The molecule has 0 saturated heterocycles. The highest BCUT2D eigenvalue weighted by Gasteiger charge is 2.15. The van der Waals surface area contributed by atoms with Gasteiger partial charge in [-0.2, -0.15) is 0 Å². The maximum absolute atomic E-state index is 9.46. The van der Waals surface area contributed by atoms with Gasteiger partial charge in [-0.1, -0.05) is 5.16 Å². The van der Waals surface area contributed by atoms with Crippen LogP contribution in [0, 0.1) is 0 Å². The Hall–Kier alpha value is -1.75. The second-order valence-electron chi connectivity index (χ2n) is 4.11. The minimum Gasteiger partial charge on any atom is -0.497 e. The summed E-state index contributed by atoms with van der Waals surface area (Å²) in [5.41, 5.74) is 1.09. The third-order valence-corrected chi connectivity index (χ3v) is 2.72. The molecule has 0 aliphatic heterocycles. The van der Waals surface area contributed by atoms with E-state index in [0.29, 0.717) is 22.8 Å². The lowest BCUT2D eigenvalue weighted by Gasteiger charge is -2.19. The van der Waals surface area contributed by atoms with E-state index in [1.54, 1.807) is 46.1 Å². The Morgan fingerprint density at radius 2 is 2.00 bits per heavy atom. The third-order valence-electron chi connectivity index (χ3n) is 2.72. The quantitative estimate of drug-likeness (QED) is 0.478. The van der Waals surface area contributed by atoms with Crippen LogP contribution in [0.25, 0.3) is 0 Å². The molecule has 2 unspecified atom stereocenters. The van der Waals surface area contributed by atoms with E-state index in [0.717, 1.165) is 0 Å². The summed E-state index contributed by atoms with van der Waals surface area (Å²) >= 11 is 0. The van der Waals surface area contributed by atoms with Gasteiger partial charge in [-0.25, -0.2) is 0 Å². The maximum Gasteiger partial charge on any atom is 0.132 e. The van der Waals surface area contributed by atoms with Crippen LogP contribution in [0.3, 0.4) is 0 Å². The average molecular weight is 253 g/mol. The van der Waals surface area contributed by atoms with Crippen molar-refractivity contribution in [3.05, 3.63) is 23.8 Å². The molecule has 0 bridgehead atoms. The van der Waals surface area contributed by atoms with Crippen molar-refractivity contribution in [2.24, 2.45) is 5.16 Å². The Morgan fingerprint density at radius 3 is 2.50 bits per heavy atom. The first-order valence-corrected chi connectivity index (χ1v) is 5.71. The van der Waals surface area contributed by atoms with Crippen LogP contribution < -0.4 is 9.47 Å². The largest absolute Gasteiger partial charge is 0.497 e. The highest BCUT2D eigenvalue weighted by atomic mass is 16.5. The van der Waals surface area contributed by atoms with E-state index < -0.39 is 6.10 Å². The number of oxime groups is 1. The summed E-state index contributed by atoms with van der Waals surface area (Å²) in [6, 6.07) is 5.20. The van der Waals surface area contributed by atoms with Crippen molar-refractivity contribution in [3.63, 3.8) is 0 Å². The molecule has 0 aliphatic rings. The van der Waals surface area contributed by atoms with Crippen LogP contribution in [0.5, 0.6) is 11.5 Å². The summed E-state index contributed by atoms with van der Waals surface area (Å²) in [6.07, 6.45) is -0.974. The van der Waals surface area contributed by atoms with Crippen LogP contribution in [0.15, 0.2) is 23.4 Å². The van der Waals surface area contributed by atoms with E-state index in [1.807, 2.05) is 0 Å². The van der Waals surface area contributed by atoms with Crippen LogP contribution in [0.1, 0.15) is 26.3 Å². The molecular formula is C13H19NO4. The minimum atomic E-state index is -0.601. The van der Waals surface area contributed by atoms with Crippen LogP contribution in [-0.2, 0) is 0 Å². The molecular weight excluding hydrogens is 234 g/mol. The highest BCUT2D eigenvalue weighted by molar-refractivity contribution is 6.00. The van der Waals surface area contributed by atoms with Crippen molar-refractivity contribution in [3.8, 4) is 11.5 Å². The molecule has 0 radical (unpaired) electrons. The lowest BCUT2D eigenvalue weighted by molar-refractivity contribution is 0.0602. The van der Waals surface area contributed by atoms with E-state index in [1.165, 1.54) is 0 Å². The first-order valence-electron chi connectivity index (χ1n) is 5.71. The maximum atomic E-state index is 9.46. The summed E-state index contributed by atoms with van der Waals surface area (Å²) in [7, 11) is 1.56. The molecule has 18 heavy (non-hydrogen) atoms. The topological polar surface area (TPSA) is 71.3 Å². The average Bonchev–Trinajstić information content (AvgIpc) is 2.37. The van der Waals surface area contributed by atoms with Crippen LogP contribution in [-0.4, -0.2) is 35.3 Å².